The summed E-state index contributed by atoms with van der Waals surface area (Å²) < 4.78 is 0. The molecule has 1 aliphatic rings. The fourth-order valence-corrected chi connectivity index (χ4v) is 3.19. The van der Waals surface area contributed by atoms with Gasteiger partial charge in [0.15, 0.2) is 0 Å². The van der Waals surface area contributed by atoms with Crippen molar-refractivity contribution >= 4 is 23.3 Å². The molecule has 1 aromatic rings. The lowest BCUT2D eigenvalue weighted by Gasteiger charge is -2.32. The van der Waals surface area contributed by atoms with Gasteiger partial charge in [-0.05, 0) is 18.8 Å². The number of carbonyl (C=O) groups excluding carboxylic acids is 2. The summed E-state index contributed by atoms with van der Waals surface area (Å²) in [6, 6.07) is -0.0568. The second-order valence-electron chi connectivity index (χ2n) is 6.39. The molecule has 0 aromatic carbocycles. The fourth-order valence-electron chi connectivity index (χ4n) is 2.60. The highest BCUT2D eigenvalue weighted by molar-refractivity contribution is 7.07. The van der Waals surface area contributed by atoms with Gasteiger partial charge in [0.2, 0.25) is 5.91 Å². The predicted octanol–water partition coefficient (Wildman–Crippen LogP) is 1.88. The summed E-state index contributed by atoms with van der Waals surface area (Å²) in [4.78, 5) is 30.4. The van der Waals surface area contributed by atoms with Crippen LogP contribution in [0.1, 0.15) is 32.4 Å². The number of aromatic nitrogens is 1. The van der Waals surface area contributed by atoms with E-state index in [2.05, 4.69) is 29.5 Å². The first kappa shape index (κ1) is 17.7. The molecule has 6 nitrogen and oxygen atoms in total. The van der Waals surface area contributed by atoms with Crippen LogP contribution in [0.25, 0.3) is 0 Å². The van der Waals surface area contributed by atoms with Gasteiger partial charge >= 0.3 is 6.03 Å². The Hall–Kier alpha value is -1.63. The molecule has 7 heteroatoms. The average Bonchev–Trinajstić information content (AvgIpc) is 3.06. The standard InChI is InChI=1S/C16H26N4O2S/c1-12(2)8-18-16(22)20-7-3-4-13(9-20)15(21)17-6-5-14-10-23-11-19-14/h10-13H,3-9H2,1-2H3,(H,17,21)(H,18,22)/t13-/m0/s1. The maximum absolute atomic E-state index is 12.3. The first-order chi connectivity index (χ1) is 11.1. The van der Waals surface area contributed by atoms with Crippen LogP contribution in [0.4, 0.5) is 4.79 Å². The van der Waals surface area contributed by atoms with Crippen LogP contribution in [-0.2, 0) is 11.2 Å². The third-order valence-corrected chi connectivity index (χ3v) is 4.54. The van der Waals surface area contributed by atoms with E-state index in [4.69, 9.17) is 0 Å². The molecule has 3 amide bonds. The largest absolute Gasteiger partial charge is 0.355 e. The number of likely N-dealkylation sites (tertiary alicyclic amines) is 1. The first-order valence-corrected chi connectivity index (χ1v) is 9.18. The van der Waals surface area contributed by atoms with Crippen LogP contribution in [-0.4, -0.2) is 48.0 Å². The van der Waals surface area contributed by atoms with E-state index in [1.54, 1.807) is 21.7 Å². The topological polar surface area (TPSA) is 74.3 Å². The van der Waals surface area contributed by atoms with Crippen molar-refractivity contribution < 1.29 is 9.59 Å². The lowest BCUT2D eigenvalue weighted by molar-refractivity contribution is -0.126. The number of nitrogens with zero attached hydrogens (tertiary/aromatic N) is 2. The van der Waals surface area contributed by atoms with Gasteiger partial charge in [0.05, 0.1) is 17.1 Å². The van der Waals surface area contributed by atoms with Crippen molar-refractivity contribution in [1.29, 1.82) is 0 Å². The SMILES string of the molecule is CC(C)CNC(=O)N1CCC[C@H](C(=O)NCCc2cscn2)C1. The van der Waals surface area contributed by atoms with Crippen LogP contribution in [0.3, 0.4) is 0 Å². The molecule has 23 heavy (non-hydrogen) atoms. The zero-order chi connectivity index (χ0) is 16.7. The summed E-state index contributed by atoms with van der Waals surface area (Å²) in [5.74, 6) is 0.360. The van der Waals surface area contributed by atoms with Crippen molar-refractivity contribution in [3.05, 3.63) is 16.6 Å². The molecule has 0 saturated carbocycles. The minimum Gasteiger partial charge on any atom is -0.355 e. The van der Waals surface area contributed by atoms with Gasteiger partial charge in [-0.15, -0.1) is 11.3 Å². The van der Waals surface area contributed by atoms with E-state index in [0.29, 0.717) is 25.6 Å². The van der Waals surface area contributed by atoms with Gasteiger partial charge in [-0.3, -0.25) is 4.79 Å². The highest BCUT2D eigenvalue weighted by atomic mass is 32.1. The van der Waals surface area contributed by atoms with Gasteiger partial charge in [-0.1, -0.05) is 13.8 Å². The molecule has 1 atom stereocenters. The Bertz CT molecular complexity index is 504. The summed E-state index contributed by atoms with van der Waals surface area (Å²) in [5, 5.41) is 7.88. The lowest BCUT2D eigenvalue weighted by Crippen LogP contribution is -2.49. The van der Waals surface area contributed by atoms with Crippen molar-refractivity contribution in [1.82, 2.24) is 20.5 Å². The maximum Gasteiger partial charge on any atom is 0.317 e. The molecule has 0 unspecified atom stereocenters. The zero-order valence-electron chi connectivity index (χ0n) is 13.9. The molecule has 0 radical (unpaired) electrons. The number of thiazole rings is 1. The number of carbonyl (C=O) groups is 2. The number of hydrogen-bond acceptors (Lipinski definition) is 4. The number of amides is 3. The number of piperidine rings is 1. The molecule has 2 rings (SSSR count). The van der Waals surface area contributed by atoms with Gasteiger partial charge in [0.1, 0.15) is 0 Å². The van der Waals surface area contributed by atoms with Crippen LogP contribution in [0.5, 0.6) is 0 Å². The van der Waals surface area contributed by atoms with E-state index < -0.39 is 0 Å². The van der Waals surface area contributed by atoms with Crippen molar-refractivity contribution in [3.8, 4) is 0 Å². The fraction of sp³-hybridized carbons (Fsp3) is 0.688. The summed E-state index contributed by atoms with van der Waals surface area (Å²) >= 11 is 1.56. The van der Waals surface area contributed by atoms with Crippen molar-refractivity contribution in [3.63, 3.8) is 0 Å². The van der Waals surface area contributed by atoms with Crippen molar-refractivity contribution in [2.75, 3.05) is 26.2 Å². The Morgan fingerprint density at radius 1 is 1.43 bits per heavy atom. The second-order valence-corrected chi connectivity index (χ2v) is 7.10. The Balaban J connectivity index is 1.73. The lowest BCUT2D eigenvalue weighted by atomic mass is 9.97. The quantitative estimate of drug-likeness (QED) is 0.832. The van der Waals surface area contributed by atoms with Crippen LogP contribution in [0.2, 0.25) is 0 Å². The predicted molar refractivity (Wildman–Crippen MR) is 91.4 cm³/mol. The molecule has 0 spiro atoms. The Morgan fingerprint density at radius 2 is 2.26 bits per heavy atom. The summed E-state index contributed by atoms with van der Waals surface area (Å²) in [6.45, 7) is 6.63. The van der Waals surface area contributed by atoms with Crippen LogP contribution >= 0.6 is 11.3 Å². The highest BCUT2D eigenvalue weighted by Gasteiger charge is 2.28. The monoisotopic (exact) mass is 338 g/mol. The van der Waals surface area contributed by atoms with Crippen molar-refractivity contribution in [2.45, 2.75) is 33.1 Å². The summed E-state index contributed by atoms with van der Waals surface area (Å²) in [5.41, 5.74) is 2.81. The molecular formula is C16H26N4O2S. The minimum absolute atomic E-state index is 0.0431. The van der Waals surface area contributed by atoms with Gasteiger partial charge in [0, 0.05) is 38.0 Å². The summed E-state index contributed by atoms with van der Waals surface area (Å²) in [6.07, 6.45) is 2.47. The molecule has 1 aromatic heterocycles. The number of urea groups is 1. The number of rotatable bonds is 6. The number of nitrogens with one attached hydrogen (secondary N) is 2. The minimum atomic E-state index is -0.107. The normalized spacial score (nSPS) is 18.0. The Labute approximate surface area is 141 Å². The van der Waals surface area contributed by atoms with E-state index in [9.17, 15) is 9.59 Å². The smallest absolute Gasteiger partial charge is 0.317 e. The van der Waals surface area contributed by atoms with Gasteiger partial charge in [0.25, 0.3) is 0 Å². The van der Waals surface area contributed by atoms with E-state index >= 15 is 0 Å². The van der Waals surface area contributed by atoms with Crippen LogP contribution in [0, 0.1) is 11.8 Å². The third-order valence-electron chi connectivity index (χ3n) is 3.90. The summed E-state index contributed by atoms with van der Waals surface area (Å²) in [7, 11) is 0. The van der Waals surface area contributed by atoms with Crippen LogP contribution in [0.15, 0.2) is 10.9 Å². The second kappa shape index (κ2) is 8.86. The van der Waals surface area contributed by atoms with E-state index in [-0.39, 0.29) is 17.9 Å². The molecular weight excluding hydrogens is 312 g/mol. The Kier molecular flexibility index (Phi) is 6.83. The van der Waals surface area contributed by atoms with Crippen LogP contribution < -0.4 is 10.6 Å². The van der Waals surface area contributed by atoms with E-state index in [0.717, 1.165) is 31.5 Å². The van der Waals surface area contributed by atoms with Gasteiger partial charge in [-0.25, -0.2) is 9.78 Å². The molecule has 2 heterocycles. The van der Waals surface area contributed by atoms with E-state index in [1.807, 2.05) is 5.38 Å². The molecule has 128 valence electrons. The van der Waals surface area contributed by atoms with Gasteiger partial charge in [-0.2, -0.15) is 0 Å². The highest BCUT2D eigenvalue weighted by Crippen LogP contribution is 2.16. The first-order valence-electron chi connectivity index (χ1n) is 8.23. The molecule has 2 N–H and O–H groups in total. The molecule has 0 bridgehead atoms. The molecule has 1 saturated heterocycles. The zero-order valence-corrected chi connectivity index (χ0v) is 14.7. The average molecular weight is 338 g/mol. The molecule has 1 fully saturated rings. The molecule has 0 aliphatic carbocycles. The maximum atomic E-state index is 12.3. The number of hydrogen-bond donors (Lipinski definition) is 2. The Morgan fingerprint density at radius 3 is 2.96 bits per heavy atom. The van der Waals surface area contributed by atoms with E-state index in [1.165, 1.54) is 0 Å². The molecule has 1 aliphatic heterocycles. The van der Waals surface area contributed by atoms with Gasteiger partial charge < -0.3 is 15.5 Å². The third kappa shape index (κ3) is 5.82. The van der Waals surface area contributed by atoms with Crippen molar-refractivity contribution in [2.24, 2.45) is 11.8 Å².